The molecule has 0 amide bonds. The zero-order valence-electron chi connectivity index (χ0n) is 11.6. The Bertz CT molecular complexity index is 343. The van der Waals surface area contributed by atoms with Crippen molar-refractivity contribution in [3.63, 3.8) is 0 Å². The van der Waals surface area contributed by atoms with E-state index >= 15 is 0 Å². The molecule has 1 aliphatic carbocycles. The first-order valence-corrected chi connectivity index (χ1v) is 7.28. The van der Waals surface area contributed by atoms with E-state index in [4.69, 9.17) is 4.42 Å². The van der Waals surface area contributed by atoms with Crippen LogP contribution in [0.1, 0.15) is 57.7 Å². The van der Waals surface area contributed by atoms with Gasteiger partial charge < -0.3 is 9.73 Å². The predicted molar refractivity (Wildman–Crippen MR) is 71.4 cm³/mol. The lowest BCUT2D eigenvalue weighted by Crippen LogP contribution is -2.23. The Labute approximate surface area is 110 Å². The fraction of sp³-hybridized carbons (Fsp3) is 0.857. The van der Waals surface area contributed by atoms with E-state index in [1.807, 2.05) is 0 Å². The van der Waals surface area contributed by atoms with Crippen molar-refractivity contribution in [1.82, 2.24) is 15.5 Å². The highest BCUT2D eigenvalue weighted by Gasteiger charge is 2.18. The van der Waals surface area contributed by atoms with Crippen molar-refractivity contribution in [2.24, 2.45) is 5.92 Å². The first-order chi connectivity index (χ1) is 8.74. The van der Waals surface area contributed by atoms with Crippen LogP contribution >= 0.6 is 0 Å². The first-order valence-electron chi connectivity index (χ1n) is 7.28. The lowest BCUT2D eigenvalue weighted by molar-refractivity contribution is 0.403. The maximum absolute atomic E-state index is 5.70. The van der Waals surface area contributed by atoms with Gasteiger partial charge in [-0.05, 0) is 31.7 Å². The van der Waals surface area contributed by atoms with Crippen LogP contribution in [0.4, 0.5) is 0 Å². The van der Waals surface area contributed by atoms with Gasteiger partial charge in [0, 0.05) is 18.9 Å². The van der Waals surface area contributed by atoms with Gasteiger partial charge in [-0.25, -0.2) is 0 Å². The van der Waals surface area contributed by atoms with Crippen molar-refractivity contribution in [3.05, 3.63) is 11.8 Å². The molecule has 1 saturated carbocycles. The van der Waals surface area contributed by atoms with Crippen LogP contribution in [-0.4, -0.2) is 22.8 Å². The van der Waals surface area contributed by atoms with Crippen LogP contribution < -0.4 is 5.32 Å². The van der Waals surface area contributed by atoms with E-state index in [0.29, 0.717) is 6.04 Å². The monoisotopic (exact) mass is 251 g/mol. The number of hydrogen-bond donors (Lipinski definition) is 1. The Kier molecular flexibility index (Phi) is 5.17. The van der Waals surface area contributed by atoms with Gasteiger partial charge >= 0.3 is 0 Å². The second-order valence-electron chi connectivity index (χ2n) is 5.66. The highest BCUT2D eigenvalue weighted by molar-refractivity contribution is 4.86. The van der Waals surface area contributed by atoms with Gasteiger partial charge in [-0.3, -0.25) is 0 Å². The number of nitrogens with zero attached hydrogens (tertiary/aromatic N) is 2. The Morgan fingerprint density at radius 3 is 2.67 bits per heavy atom. The molecule has 1 aromatic rings. The molecular formula is C14H25N3O. The summed E-state index contributed by atoms with van der Waals surface area (Å²) < 4.78 is 5.70. The van der Waals surface area contributed by atoms with E-state index in [1.165, 1.54) is 25.7 Å². The number of nitrogens with one attached hydrogen (secondary N) is 1. The second-order valence-corrected chi connectivity index (χ2v) is 5.66. The summed E-state index contributed by atoms with van der Waals surface area (Å²) in [5.41, 5.74) is 0. The largest absolute Gasteiger partial charge is 0.425 e. The van der Waals surface area contributed by atoms with E-state index < -0.39 is 0 Å². The molecule has 0 spiro atoms. The van der Waals surface area contributed by atoms with E-state index in [-0.39, 0.29) is 0 Å². The van der Waals surface area contributed by atoms with Crippen molar-refractivity contribution in [3.8, 4) is 0 Å². The van der Waals surface area contributed by atoms with Crippen molar-refractivity contribution in [1.29, 1.82) is 0 Å². The van der Waals surface area contributed by atoms with Gasteiger partial charge in [-0.1, -0.05) is 26.7 Å². The summed E-state index contributed by atoms with van der Waals surface area (Å²) in [6.07, 6.45) is 8.32. The molecule has 1 N–H and O–H groups in total. The van der Waals surface area contributed by atoms with Crippen LogP contribution in [0.3, 0.4) is 0 Å². The molecule has 1 fully saturated rings. The van der Waals surface area contributed by atoms with Gasteiger partial charge in [0.25, 0.3) is 0 Å². The summed E-state index contributed by atoms with van der Waals surface area (Å²) >= 11 is 0. The van der Waals surface area contributed by atoms with Crippen LogP contribution in [0.5, 0.6) is 0 Å². The molecule has 4 nitrogen and oxygen atoms in total. The van der Waals surface area contributed by atoms with E-state index in [2.05, 4.69) is 29.4 Å². The smallest absolute Gasteiger partial charge is 0.216 e. The molecule has 0 atom stereocenters. The zero-order chi connectivity index (χ0) is 12.8. The van der Waals surface area contributed by atoms with E-state index in [0.717, 1.165) is 43.5 Å². The van der Waals surface area contributed by atoms with E-state index in [1.54, 1.807) is 0 Å². The highest BCUT2D eigenvalue weighted by atomic mass is 16.4. The van der Waals surface area contributed by atoms with Gasteiger partial charge in [-0.2, -0.15) is 0 Å². The summed E-state index contributed by atoms with van der Waals surface area (Å²) in [4.78, 5) is 0. The van der Waals surface area contributed by atoms with Gasteiger partial charge in [0.15, 0.2) is 0 Å². The Morgan fingerprint density at radius 1 is 1.22 bits per heavy atom. The van der Waals surface area contributed by atoms with Crippen LogP contribution in [-0.2, 0) is 12.8 Å². The Hall–Kier alpha value is -0.900. The fourth-order valence-corrected chi connectivity index (χ4v) is 2.56. The predicted octanol–water partition coefficient (Wildman–Crippen LogP) is 2.73. The number of aromatic nitrogens is 2. The third-order valence-corrected chi connectivity index (χ3v) is 3.57. The maximum atomic E-state index is 5.70. The summed E-state index contributed by atoms with van der Waals surface area (Å²) in [7, 11) is 0. The molecule has 1 aromatic heterocycles. The first kappa shape index (κ1) is 13.5. The molecule has 0 bridgehead atoms. The summed E-state index contributed by atoms with van der Waals surface area (Å²) in [6, 6.07) is 0.547. The van der Waals surface area contributed by atoms with Crippen LogP contribution in [0.2, 0.25) is 0 Å². The third kappa shape index (κ3) is 4.41. The summed E-state index contributed by atoms with van der Waals surface area (Å²) in [6.45, 7) is 5.33. The molecule has 0 radical (unpaired) electrons. The van der Waals surface area contributed by atoms with Crippen molar-refractivity contribution in [2.45, 2.75) is 64.8 Å². The minimum atomic E-state index is 0.547. The molecule has 1 aliphatic rings. The number of aryl methyl sites for hydroxylation is 1. The Morgan fingerprint density at radius 2 is 1.94 bits per heavy atom. The van der Waals surface area contributed by atoms with Crippen molar-refractivity contribution >= 4 is 0 Å². The number of rotatable bonds is 7. The van der Waals surface area contributed by atoms with Gasteiger partial charge in [0.05, 0.1) is 0 Å². The molecule has 4 heteroatoms. The molecule has 0 aromatic carbocycles. The minimum Gasteiger partial charge on any atom is -0.425 e. The molecule has 0 saturated heterocycles. The van der Waals surface area contributed by atoms with Crippen LogP contribution in [0.15, 0.2) is 4.42 Å². The van der Waals surface area contributed by atoms with Gasteiger partial charge in [0.1, 0.15) is 0 Å². The van der Waals surface area contributed by atoms with E-state index in [9.17, 15) is 0 Å². The average Bonchev–Trinajstić information content (AvgIpc) is 2.97. The van der Waals surface area contributed by atoms with Crippen LogP contribution in [0.25, 0.3) is 0 Å². The maximum Gasteiger partial charge on any atom is 0.216 e. The topological polar surface area (TPSA) is 51.0 Å². The second kappa shape index (κ2) is 6.88. The molecule has 102 valence electrons. The summed E-state index contributed by atoms with van der Waals surface area (Å²) in [5, 5.41) is 11.7. The van der Waals surface area contributed by atoms with Gasteiger partial charge in [-0.15, -0.1) is 10.2 Å². The minimum absolute atomic E-state index is 0.547. The third-order valence-electron chi connectivity index (χ3n) is 3.57. The van der Waals surface area contributed by atoms with Crippen molar-refractivity contribution in [2.75, 3.05) is 6.54 Å². The molecule has 0 unspecified atom stereocenters. The lowest BCUT2D eigenvalue weighted by Gasteiger charge is -2.05. The SMILES string of the molecule is CC(C)NCCCc1nnc(CC2CCCC2)o1. The quantitative estimate of drug-likeness (QED) is 0.757. The standard InChI is InChI=1S/C14H25N3O/c1-11(2)15-9-5-8-13-16-17-14(18-13)10-12-6-3-4-7-12/h11-12,15H,3-10H2,1-2H3. The average molecular weight is 251 g/mol. The highest BCUT2D eigenvalue weighted by Crippen LogP contribution is 2.27. The molecule has 18 heavy (non-hydrogen) atoms. The zero-order valence-corrected chi connectivity index (χ0v) is 11.6. The molecular weight excluding hydrogens is 226 g/mol. The van der Waals surface area contributed by atoms with Gasteiger partial charge in [0.2, 0.25) is 11.8 Å². The lowest BCUT2D eigenvalue weighted by atomic mass is 10.0. The molecule has 1 heterocycles. The van der Waals surface area contributed by atoms with Crippen LogP contribution in [0, 0.1) is 5.92 Å². The molecule has 2 rings (SSSR count). The fourth-order valence-electron chi connectivity index (χ4n) is 2.56. The van der Waals surface area contributed by atoms with Crippen molar-refractivity contribution < 1.29 is 4.42 Å². The normalized spacial score (nSPS) is 16.8. The number of hydrogen-bond acceptors (Lipinski definition) is 4. The summed E-state index contributed by atoms with van der Waals surface area (Å²) in [5.74, 6) is 2.42. The Balaban J connectivity index is 1.68. The molecule has 0 aliphatic heterocycles.